The van der Waals surface area contributed by atoms with Crippen LogP contribution in [0, 0.1) is 5.41 Å². The summed E-state index contributed by atoms with van der Waals surface area (Å²) in [6.07, 6.45) is 4.64. The summed E-state index contributed by atoms with van der Waals surface area (Å²) in [7, 11) is 0. The Kier molecular flexibility index (Phi) is 2.29. The first-order valence-electron chi connectivity index (χ1n) is 6.42. The third kappa shape index (κ3) is 1.67. The van der Waals surface area contributed by atoms with Crippen LogP contribution in [0.2, 0.25) is 0 Å². The van der Waals surface area contributed by atoms with Crippen molar-refractivity contribution in [3.8, 4) is 5.75 Å². The second-order valence-electron chi connectivity index (χ2n) is 5.83. The number of carbonyl (C=O) groups is 1. The fraction of sp³-hybridized carbons (Fsp3) is 0.533. The van der Waals surface area contributed by atoms with E-state index in [1.165, 1.54) is 11.1 Å². The van der Waals surface area contributed by atoms with Gasteiger partial charge in [-0.3, -0.25) is 4.79 Å². The van der Waals surface area contributed by atoms with E-state index in [9.17, 15) is 9.90 Å². The van der Waals surface area contributed by atoms with Crippen molar-refractivity contribution in [2.24, 2.45) is 5.41 Å². The normalized spacial score (nSPS) is 31.8. The first-order chi connectivity index (χ1) is 8.08. The highest BCUT2D eigenvalue weighted by molar-refractivity contribution is 5.80. The Morgan fingerprint density at radius 1 is 1.29 bits per heavy atom. The number of phenols is 1. The number of aromatic hydroxyl groups is 1. The van der Waals surface area contributed by atoms with Crippen molar-refractivity contribution in [1.82, 2.24) is 0 Å². The second-order valence-corrected chi connectivity index (χ2v) is 5.83. The Labute approximate surface area is 102 Å². The Bertz CT molecular complexity index is 478. The maximum atomic E-state index is 11.7. The van der Waals surface area contributed by atoms with E-state index < -0.39 is 0 Å². The summed E-state index contributed by atoms with van der Waals surface area (Å²) in [5.41, 5.74) is 2.82. The van der Waals surface area contributed by atoms with Gasteiger partial charge in [-0.2, -0.15) is 0 Å². The zero-order chi connectivity index (χ0) is 12.0. The lowest BCUT2D eigenvalue weighted by molar-refractivity contribution is -0.123. The molecule has 3 rings (SSSR count). The van der Waals surface area contributed by atoms with Crippen LogP contribution in [0.25, 0.3) is 0 Å². The van der Waals surface area contributed by atoms with Crippen molar-refractivity contribution in [1.29, 1.82) is 0 Å². The first kappa shape index (κ1) is 10.8. The molecule has 0 heterocycles. The molecule has 2 atom stereocenters. The van der Waals surface area contributed by atoms with E-state index in [0.717, 1.165) is 25.7 Å². The predicted octanol–water partition coefficient (Wildman–Crippen LogP) is 3.18. The molecule has 1 aromatic rings. The fourth-order valence-corrected chi connectivity index (χ4v) is 3.53. The fourth-order valence-electron chi connectivity index (χ4n) is 3.53. The minimum absolute atomic E-state index is 0.290. The van der Waals surface area contributed by atoms with E-state index in [1.54, 1.807) is 6.07 Å². The van der Waals surface area contributed by atoms with Crippen LogP contribution in [-0.4, -0.2) is 10.9 Å². The molecular weight excluding hydrogens is 212 g/mol. The molecule has 0 spiro atoms. The van der Waals surface area contributed by atoms with Crippen molar-refractivity contribution >= 4 is 5.78 Å². The summed E-state index contributed by atoms with van der Waals surface area (Å²) in [5, 5.41) is 9.53. The molecule has 1 fully saturated rings. The van der Waals surface area contributed by atoms with Gasteiger partial charge in [0.25, 0.3) is 0 Å². The highest BCUT2D eigenvalue weighted by Crippen LogP contribution is 2.53. The molecule has 0 amide bonds. The number of phenolic OH excluding ortho intramolecular Hbond substituents is 1. The van der Waals surface area contributed by atoms with Gasteiger partial charge in [0.15, 0.2) is 0 Å². The first-order valence-corrected chi connectivity index (χ1v) is 6.42. The number of aryl methyl sites for hydroxylation is 1. The molecule has 0 aromatic heterocycles. The summed E-state index contributed by atoms with van der Waals surface area (Å²) >= 11 is 0. The number of fused-ring (bicyclic) bond motifs is 3. The Balaban J connectivity index is 2.06. The molecule has 90 valence electrons. The van der Waals surface area contributed by atoms with Gasteiger partial charge in [0.1, 0.15) is 11.5 Å². The highest BCUT2D eigenvalue weighted by Gasteiger charge is 2.43. The second kappa shape index (κ2) is 3.59. The number of benzene rings is 1. The van der Waals surface area contributed by atoms with Crippen LogP contribution in [0.3, 0.4) is 0 Å². The van der Waals surface area contributed by atoms with Gasteiger partial charge in [-0.15, -0.1) is 0 Å². The lowest BCUT2D eigenvalue weighted by Gasteiger charge is -2.45. The largest absolute Gasteiger partial charge is 0.508 e. The van der Waals surface area contributed by atoms with E-state index in [-0.39, 0.29) is 5.41 Å². The summed E-state index contributed by atoms with van der Waals surface area (Å²) in [5.74, 6) is 1.11. The van der Waals surface area contributed by atoms with Crippen molar-refractivity contribution in [2.75, 3.05) is 0 Å². The number of carbonyl (C=O) groups excluding carboxylic acids is 1. The van der Waals surface area contributed by atoms with Gasteiger partial charge in [-0.1, -0.05) is 13.0 Å². The molecule has 17 heavy (non-hydrogen) atoms. The van der Waals surface area contributed by atoms with Crippen molar-refractivity contribution in [2.45, 2.75) is 44.9 Å². The molecular formula is C15H18O2. The predicted molar refractivity (Wildman–Crippen MR) is 66.1 cm³/mol. The van der Waals surface area contributed by atoms with Gasteiger partial charge in [0, 0.05) is 12.8 Å². The van der Waals surface area contributed by atoms with Crippen LogP contribution < -0.4 is 0 Å². The van der Waals surface area contributed by atoms with E-state index in [1.807, 2.05) is 12.1 Å². The minimum atomic E-state index is 0.290. The number of Topliss-reactive ketones (excluding diaryl/α,β-unsaturated/α-hetero) is 1. The number of hydrogen-bond acceptors (Lipinski definition) is 2. The van der Waals surface area contributed by atoms with Crippen LogP contribution >= 0.6 is 0 Å². The molecule has 1 aromatic carbocycles. The van der Waals surface area contributed by atoms with Crippen LogP contribution in [0.15, 0.2) is 18.2 Å². The molecule has 2 nitrogen and oxygen atoms in total. The topological polar surface area (TPSA) is 37.3 Å². The quantitative estimate of drug-likeness (QED) is 0.743. The van der Waals surface area contributed by atoms with Crippen molar-refractivity contribution in [3.05, 3.63) is 29.3 Å². The minimum Gasteiger partial charge on any atom is -0.508 e. The van der Waals surface area contributed by atoms with Crippen LogP contribution in [-0.2, 0) is 11.2 Å². The van der Waals surface area contributed by atoms with Gasteiger partial charge in [-0.25, -0.2) is 0 Å². The standard InChI is InChI=1S/C15H18O2/c1-15-6-4-10-8-11(16)2-3-13(10)14(15)9-12(17)5-7-15/h2-3,8,14,16H,4-7,9H2,1H3. The summed E-state index contributed by atoms with van der Waals surface area (Å²) in [6, 6.07) is 5.64. The SMILES string of the molecule is CC12CCC(=O)CC1c1ccc(O)cc1CC2. The third-order valence-corrected chi connectivity index (χ3v) is 4.72. The molecule has 1 N–H and O–H groups in total. The maximum absolute atomic E-state index is 11.7. The van der Waals surface area contributed by atoms with Gasteiger partial charge in [0.2, 0.25) is 0 Å². The molecule has 0 radical (unpaired) electrons. The van der Waals surface area contributed by atoms with Crippen molar-refractivity contribution < 1.29 is 9.90 Å². The Morgan fingerprint density at radius 3 is 2.88 bits per heavy atom. The monoisotopic (exact) mass is 230 g/mol. The molecule has 0 bridgehead atoms. The Morgan fingerprint density at radius 2 is 2.06 bits per heavy atom. The summed E-state index contributed by atoms with van der Waals surface area (Å²) < 4.78 is 0. The number of hydrogen-bond donors (Lipinski definition) is 1. The van der Waals surface area contributed by atoms with E-state index in [4.69, 9.17) is 0 Å². The van der Waals surface area contributed by atoms with Crippen LogP contribution in [0.5, 0.6) is 5.75 Å². The van der Waals surface area contributed by atoms with Crippen LogP contribution in [0.4, 0.5) is 0 Å². The molecule has 2 aliphatic carbocycles. The smallest absolute Gasteiger partial charge is 0.133 e. The molecule has 0 saturated heterocycles. The lowest BCUT2D eigenvalue weighted by Crippen LogP contribution is -2.36. The van der Waals surface area contributed by atoms with Gasteiger partial charge in [0.05, 0.1) is 0 Å². The van der Waals surface area contributed by atoms with E-state index in [2.05, 4.69) is 6.92 Å². The lowest BCUT2D eigenvalue weighted by atomic mass is 9.58. The van der Waals surface area contributed by atoms with E-state index >= 15 is 0 Å². The summed E-state index contributed by atoms with van der Waals surface area (Å²) in [6.45, 7) is 2.32. The van der Waals surface area contributed by atoms with Gasteiger partial charge < -0.3 is 5.11 Å². The van der Waals surface area contributed by atoms with Crippen LogP contribution in [0.1, 0.15) is 49.7 Å². The summed E-state index contributed by atoms with van der Waals surface area (Å²) in [4.78, 5) is 11.7. The van der Waals surface area contributed by atoms with Gasteiger partial charge in [-0.05, 0) is 53.9 Å². The molecule has 2 aliphatic rings. The number of ketones is 1. The maximum Gasteiger partial charge on any atom is 0.133 e. The van der Waals surface area contributed by atoms with Crippen molar-refractivity contribution in [3.63, 3.8) is 0 Å². The molecule has 0 aliphatic heterocycles. The zero-order valence-electron chi connectivity index (χ0n) is 10.2. The van der Waals surface area contributed by atoms with E-state index in [0.29, 0.717) is 23.9 Å². The molecule has 2 unspecified atom stereocenters. The van der Waals surface area contributed by atoms with Gasteiger partial charge >= 0.3 is 0 Å². The molecule has 2 heteroatoms. The third-order valence-electron chi connectivity index (χ3n) is 4.72. The molecule has 1 saturated carbocycles. The average molecular weight is 230 g/mol. The average Bonchev–Trinajstić information content (AvgIpc) is 2.30. The number of rotatable bonds is 0. The Hall–Kier alpha value is -1.31. The zero-order valence-corrected chi connectivity index (χ0v) is 10.2. The highest BCUT2D eigenvalue weighted by atomic mass is 16.3.